The minimum atomic E-state index is -3.61. The van der Waals surface area contributed by atoms with Gasteiger partial charge in [0.2, 0.25) is 15.9 Å². The normalized spacial score (nSPS) is 19.9. The zero-order chi connectivity index (χ0) is 24.1. The third kappa shape index (κ3) is 6.52. The molecule has 2 aliphatic heterocycles. The fraction of sp³-hybridized carbons (Fsp3) is 0.480. The predicted octanol–water partition coefficient (Wildman–Crippen LogP) is 4.45. The molecule has 1 N–H and O–H groups in total. The Bertz CT molecular complexity index is 1120. The van der Waals surface area contributed by atoms with Gasteiger partial charge < -0.3 is 5.32 Å². The smallest absolute Gasteiger partial charge is 0.224 e. The quantitative estimate of drug-likeness (QED) is 0.554. The highest BCUT2D eigenvalue weighted by molar-refractivity contribution is 7.88. The summed E-state index contributed by atoms with van der Waals surface area (Å²) in [5.41, 5.74) is 2.85. The maximum absolute atomic E-state index is 13.0. The van der Waals surface area contributed by atoms with Crippen molar-refractivity contribution in [2.24, 2.45) is 5.92 Å². The van der Waals surface area contributed by atoms with Crippen LogP contribution in [0.3, 0.4) is 0 Å². The minimum Gasteiger partial charge on any atom is -0.352 e. The van der Waals surface area contributed by atoms with Crippen LogP contribution < -0.4 is 5.32 Å². The van der Waals surface area contributed by atoms with Gasteiger partial charge in [0.1, 0.15) is 0 Å². The van der Waals surface area contributed by atoms with Gasteiger partial charge in [0.05, 0.1) is 11.7 Å². The number of piperidine rings is 1. The van der Waals surface area contributed by atoms with Crippen LogP contribution in [0.1, 0.15) is 42.4 Å². The van der Waals surface area contributed by atoms with Gasteiger partial charge in [-0.2, -0.15) is 0 Å². The zero-order valence-electron chi connectivity index (χ0n) is 19.2. The highest BCUT2D eigenvalue weighted by atomic mass is 35.5. The Morgan fingerprint density at radius 3 is 2.44 bits per heavy atom. The summed E-state index contributed by atoms with van der Waals surface area (Å²) in [5.74, 6) is -0.670. The van der Waals surface area contributed by atoms with Crippen molar-refractivity contribution in [3.8, 4) is 0 Å². The van der Waals surface area contributed by atoms with Crippen molar-refractivity contribution in [1.29, 1.82) is 0 Å². The number of amides is 1. The lowest BCUT2D eigenvalue weighted by Crippen LogP contribution is -2.45. The standard InChI is InChI=1S/C25H31Cl2N3O3S/c26-23-10-9-22(24(27)14-23)18-34(32,33)30-13-5-8-21(17-30)25(31)28-15-19-6-1-2-7-20(19)16-29-11-3-4-12-29/h1-2,6-7,9-10,14,21H,3-5,8,11-13,15-18H2,(H,28,31). The first kappa shape index (κ1) is 25.5. The summed E-state index contributed by atoms with van der Waals surface area (Å²) in [6.45, 7) is 4.19. The van der Waals surface area contributed by atoms with Crippen molar-refractivity contribution in [2.45, 2.75) is 44.5 Å². The molecule has 0 saturated carbocycles. The zero-order valence-corrected chi connectivity index (χ0v) is 21.5. The molecule has 0 spiro atoms. The maximum atomic E-state index is 13.0. The third-order valence-corrected chi connectivity index (χ3v) is 9.05. The SMILES string of the molecule is O=C(NCc1ccccc1CN1CCCC1)C1CCCN(S(=O)(=O)Cc2ccc(Cl)cc2Cl)C1. The Morgan fingerprint density at radius 2 is 1.71 bits per heavy atom. The molecule has 2 aliphatic rings. The first-order valence-electron chi connectivity index (χ1n) is 11.8. The molecule has 184 valence electrons. The molecule has 9 heteroatoms. The van der Waals surface area contributed by atoms with Gasteiger partial charge in [0.15, 0.2) is 0 Å². The minimum absolute atomic E-state index is 0.0969. The monoisotopic (exact) mass is 523 g/mol. The number of carbonyl (C=O) groups is 1. The van der Waals surface area contributed by atoms with Crippen LogP contribution >= 0.6 is 23.2 Å². The van der Waals surface area contributed by atoms with E-state index in [1.165, 1.54) is 22.7 Å². The highest BCUT2D eigenvalue weighted by Gasteiger charge is 2.32. The molecule has 2 aromatic rings. The second-order valence-corrected chi connectivity index (χ2v) is 12.0. The Kier molecular flexibility index (Phi) is 8.53. The molecule has 2 aromatic carbocycles. The molecule has 1 amide bonds. The number of carbonyl (C=O) groups excluding carboxylic acids is 1. The highest BCUT2D eigenvalue weighted by Crippen LogP contribution is 2.26. The van der Waals surface area contributed by atoms with Crippen molar-refractivity contribution in [2.75, 3.05) is 26.2 Å². The summed E-state index contributed by atoms with van der Waals surface area (Å²) in [6, 6.07) is 13.0. The summed E-state index contributed by atoms with van der Waals surface area (Å²) < 4.78 is 27.5. The number of rotatable bonds is 8. The van der Waals surface area contributed by atoms with Crippen LogP contribution in [0, 0.1) is 5.92 Å². The van der Waals surface area contributed by atoms with Crippen molar-refractivity contribution in [3.05, 3.63) is 69.2 Å². The summed E-state index contributed by atoms with van der Waals surface area (Å²) in [5, 5.41) is 3.85. The van der Waals surface area contributed by atoms with E-state index >= 15 is 0 Å². The lowest BCUT2D eigenvalue weighted by Gasteiger charge is -2.31. The molecule has 1 atom stereocenters. The molecule has 2 saturated heterocycles. The molecular formula is C25H31Cl2N3O3S. The summed E-state index contributed by atoms with van der Waals surface area (Å²) >= 11 is 12.1. The maximum Gasteiger partial charge on any atom is 0.224 e. The molecular weight excluding hydrogens is 493 g/mol. The summed E-state index contributed by atoms with van der Waals surface area (Å²) in [4.78, 5) is 15.4. The van der Waals surface area contributed by atoms with Crippen LogP contribution in [-0.4, -0.2) is 49.7 Å². The average Bonchev–Trinajstić information content (AvgIpc) is 3.33. The molecule has 0 aromatic heterocycles. The van der Waals surface area contributed by atoms with Crippen LogP contribution in [0.25, 0.3) is 0 Å². The Morgan fingerprint density at radius 1 is 0.971 bits per heavy atom. The van der Waals surface area contributed by atoms with E-state index in [1.54, 1.807) is 18.2 Å². The van der Waals surface area contributed by atoms with Crippen LogP contribution in [0.2, 0.25) is 10.0 Å². The molecule has 2 fully saturated rings. The number of nitrogens with zero attached hydrogens (tertiary/aromatic N) is 2. The lowest BCUT2D eigenvalue weighted by atomic mass is 9.98. The van der Waals surface area contributed by atoms with Crippen LogP contribution in [0.4, 0.5) is 0 Å². The lowest BCUT2D eigenvalue weighted by molar-refractivity contribution is -0.126. The Labute approximate surface area is 212 Å². The Balaban J connectivity index is 1.35. The number of hydrogen-bond donors (Lipinski definition) is 1. The first-order chi connectivity index (χ1) is 16.3. The van der Waals surface area contributed by atoms with E-state index in [1.807, 2.05) is 12.1 Å². The summed E-state index contributed by atoms with van der Waals surface area (Å²) in [7, 11) is -3.61. The topological polar surface area (TPSA) is 69.7 Å². The van der Waals surface area contributed by atoms with Crippen molar-refractivity contribution < 1.29 is 13.2 Å². The van der Waals surface area contributed by atoms with E-state index in [2.05, 4.69) is 22.3 Å². The number of benzene rings is 2. The second kappa shape index (κ2) is 11.4. The van der Waals surface area contributed by atoms with Gasteiger partial charge in [0, 0.05) is 36.2 Å². The number of sulfonamides is 1. The molecule has 6 nitrogen and oxygen atoms in total. The molecule has 1 unspecified atom stereocenters. The van der Waals surface area contributed by atoms with E-state index < -0.39 is 10.0 Å². The molecule has 0 aliphatic carbocycles. The van der Waals surface area contributed by atoms with Gasteiger partial charge in [-0.3, -0.25) is 9.69 Å². The fourth-order valence-electron chi connectivity index (χ4n) is 4.73. The van der Waals surface area contributed by atoms with Crippen molar-refractivity contribution in [3.63, 3.8) is 0 Å². The fourth-order valence-corrected chi connectivity index (χ4v) is 6.92. The van der Waals surface area contributed by atoms with Gasteiger partial charge in [-0.15, -0.1) is 0 Å². The van der Waals surface area contributed by atoms with E-state index in [-0.39, 0.29) is 24.1 Å². The number of hydrogen-bond acceptors (Lipinski definition) is 4. The van der Waals surface area contributed by atoms with E-state index in [4.69, 9.17) is 23.2 Å². The second-order valence-electron chi connectivity index (χ2n) is 9.16. The molecule has 34 heavy (non-hydrogen) atoms. The van der Waals surface area contributed by atoms with Crippen LogP contribution in [0.5, 0.6) is 0 Å². The van der Waals surface area contributed by atoms with Crippen molar-refractivity contribution >= 4 is 39.1 Å². The van der Waals surface area contributed by atoms with E-state index in [9.17, 15) is 13.2 Å². The predicted molar refractivity (Wildman–Crippen MR) is 136 cm³/mol. The largest absolute Gasteiger partial charge is 0.352 e. The van der Waals surface area contributed by atoms with Gasteiger partial charge in [0.25, 0.3) is 0 Å². The van der Waals surface area contributed by atoms with Crippen molar-refractivity contribution in [1.82, 2.24) is 14.5 Å². The average molecular weight is 525 g/mol. The first-order valence-corrected chi connectivity index (χ1v) is 14.2. The van der Waals surface area contributed by atoms with Gasteiger partial charge in [-0.1, -0.05) is 53.5 Å². The molecule has 2 heterocycles. The van der Waals surface area contributed by atoms with E-state index in [0.29, 0.717) is 41.5 Å². The van der Waals surface area contributed by atoms with Gasteiger partial charge in [-0.25, -0.2) is 12.7 Å². The third-order valence-electron chi connectivity index (χ3n) is 6.67. The van der Waals surface area contributed by atoms with Gasteiger partial charge in [-0.05, 0) is 67.6 Å². The number of halogens is 2. The number of nitrogens with one attached hydrogen (secondary N) is 1. The molecule has 0 bridgehead atoms. The molecule has 4 rings (SSSR count). The van der Waals surface area contributed by atoms with Crippen LogP contribution in [0.15, 0.2) is 42.5 Å². The number of likely N-dealkylation sites (tertiary alicyclic amines) is 1. The van der Waals surface area contributed by atoms with E-state index in [0.717, 1.165) is 25.2 Å². The molecule has 0 radical (unpaired) electrons. The Hall–Kier alpha value is -1.64. The van der Waals surface area contributed by atoms with Gasteiger partial charge >= 0.3 is 0 Å². The summed E-state index contributed by atoms with van der Waals surface area (Å²) in [6.07, 6.45) is 3.81. The van der Waals surface area contributed by atoms with Crippen LogP contribution in [-0.2, 0) is 33.7 Å².